The average molecular weight is 1070 g/mol. The molecule has 2 aliphatic rings. The van der Waals surface area contributed by atoms with Gasteiger partial charge in [-0.25, -0.2) is 4.79 Å². The predicted octanol–water partition coefficient (Wildman–Crippen LogP) is 7.66. The molecule has 4 N–H and O–H groups in total. The van der Waals surface area contributed by atoms with E-state index in [0.717, 1.165) is 12.1 Å². The lowest BCUT2D eigenvalue weighted by Gasteiger charge is -2.30. The molecular formula is C49H54N2O17S4. The second-order valence-corrected chi connectivity index (χ2v) is 23.7. The highest BCUT2D eigenvalue weighted by Gasteiger charge is 2.45. The minimum absolute atomic E-state index is 0.00156. The van der Waals surface area contributed by atoms with Gasteiger partial charge >= 0.3 is 5.97 Å². The van der Waals surface area contributed by atoms with Crippen LogP contribution >= 0.6 is 0 Å². The van der Waals surface area contributed by atoms with Gasteiger partial charge in [0.05, 0.1) is 9.79 Å². The van der Waals surface area contributed by atoms with Gasteiger partial charge in [-0.15, -0.1) is 5.06 Å². The van der Waals surface area contributed by atoms with E-state index in [0.29, 0.717) is 76.7 Å². The van der Waals surface area contributed by atoms with Crippen molar-refractivity contribution in [2.45, 2.75) is 103 Å². The molecule has 0 saturated carbocycles. The molecule has 2 heterocycles. The number of methoxy groups -OCH3 is 1. The zero-order valence-corrected chi connectivity index (χ0v) is 43.1. The Morgan fingerprint density at radius 1 is 0.736 bits per heavy atom. The maximum Gasteiger partial charge on any atom is 0.333 e. The van der Waals surface area contributed by atoms with E-state index in [1.54, 1.807) is 69.4 Å². The maximum atomic E-state index is 12.7. The summed E-state index contributed by atoms with van der Waals surface area (Å²) in [7, 11) is -18.3. The Kier molecular flexibility index (Phi) is 16.1. The monoisotopic (exact) mass is 1070 g/mol. The molecular weight excluding hydrogens is 1020 g/mol. The molecule has 1 saturated heterocycles. The molecule has 6 rings (SSSR count). The Morgan fingerprint density at radius 2 is 1.28 bits per heavy atom. The van der Waals surface area contributed by atoms with Crippen LogP contribution in [0.2, 0.25) is 0 Å². The van der Waals surface area contributed by atoms with Crippen molar-refractivity contribution in [3.8, 4) is 0 Å². The van der Waals surface area contributed by atoms with Crippen LogP contribution in [0.3, 0.4) is 0 Å². The van der Waals surface area contributed by atoms with E-state index >= 15 is 0 Å². The molecule has 1 atom stereocenters. The van der Waals surface area contributed by atoms with Gasteiger partial charge in [-0.3, -0.25) is 27.8 Å². The lowest BCUT2D eigenvalue weighted by atomic mass is 9.74. The van der Waals surface area contributed by atoms with Crippen LogP contribution in [0.1, 0.15) is 82.4 Å². The minimum Gasteiger partial charge on any atom is -0.385 e. The Hall–Kier alpha value is -5.89. The third-order valence-corrected chi connectivity index (χ3v) is 16.3. The summed E-state index contributed by atoms with van der Waals surface area (Å²) in [6.07, 6.45) is 13.5. The molecule has 72 heavy (non-hydrogen) atoms. The van der Waals surface area contributed by atoms with E-state index in [1.165, 1.54) is 19.2 Å². The van der Waals surface area contributed by atoms with Crippen molar-refractivity contribution in [2.24, 2.45) is 0 Å². The molecule has 1 fully saturated rings. The van der Waals surface area contributed by atoms with Crippen LogP contribution in [0.5, 0.6) is 0 Å². The first-order valence-electron chi connectivity index (χ1n) is 22.3. The molecule has 0 aromatic heterocycles. The molecule has 19 nitrogen and oxygen atoms in total. The van der Waals surface area contributed by atoms with Crippen LogP contribution < -0.4 is 4.90 Å². The summed E-state index contributed by atoms with van der Waals surface area (Å²) >= 11 is 0. The fourth-order valence-corrected chi connectivity index (χ4v) is 11.9. The Morgan fingerprint density at radius 3 is 1.85 bits per heavy atom. The zero-order valence-electron chi connectivity index (χ0n) is 39.9. The number of rotatable bonds is 20. The molecule has 4 aromatic carbocycles. The largest absolute Gasteiger partial charge is 0.385 e. The van der Waals surface area contributed by atoms with Crippen molar-refractivity contribution >= 4 is 85.5 Å². The molecule has 23 heteroatoms. The van der Waals surface area contributed by atoms with Crippen LogP contribution in [0, 0.1) is 6.92 Å². The summed E-state index contributed by atoms with van der Waals surface area (Å²) in [4.78, 5) is 40.4. The second-order valence-electron chi connectivity index (χ2n) is 18.1. The number of hydroxylamine groups is 2. The Bertz CT molecular complexity index is 3490. The molecule has 2 amide bonds. The standard InChI is InChI=1S/C49H54N2O17S4/c1-31-18-19-35-37(27-33(69(55,56)57)29-40(35)71(61,62)63)46(31)48(3,4)32(2)15-11-8-7-9-12-16-42-49(5,24-26-67-6)47-38-28-34(70(58,59)60)30-41(72(64,65)66)36(38)20-21-39(47)50(42)25-14-10-13-17-45(54)68-51-43(52)22-23-44(51)53/h7-9,11-12,15-16,18-21,27-30H,2,10,13-14,17,22-26H2,1,3-6H3,(H,55,56,57)(H,58,59,60)(H,61,62,63)(H,64,65,66)/b8-7+,12-9+,15-11+,42-16+. The van der Waals surface area contributed by atoms with Gasteiger partial charge in [0, 0.05) is 72.5 Å². The maximum absolute atomic E-state index is 12.7. The van der Waals surface area contributed by atoms with E-state index in [-0.39, 0.29) is 53.8 Å². The van der Waals surface area contributed by atoms with E-state index < -0.39 is 88.7 Å². The SMILES string of the molecule is C=C(/C=C/C=C/C=C/C=C1/N(CCCCCC(=O)ON2C(=O)CCC2=O)c2ccc3c(S(=O)(=O)O)cc(S(=O)(=O)O)cc3c2C1(C)CCOC)C(C)(C)c1c(C)ccc2c(S(=O)(=O)O)cc(S(=O)(=O)O)cc12. The molecule has 0 bridgehead atoms. The Balaban J connectivity index is 1.34. The third kappa shape index (κ3) is 11.6. The van der Waals surface area contributed by atoms with Gasteiger partial charge < -0.3 is 14.5 Å². The number of ether oxygens (including phenoxy) is 1. The summed E-state index contributed by atoms with van der Waals surface area (Å²) in [5, 5.41) is 0.803. The molecule has 1 unspecified atom stereocenters. The highest BCUT2D eigenvalue weighted by Crippen LogP contribution is 2.54. The number of nitrogens with zero attached hydrogens (tertiary/aromatic N) is 2. The van der Waals surface area contributed by atoms with Gasteiger partial charge in [0.2, 0.25) is 0 Å². The van der Waals surface area contributed by atoms with Crippen molar-refractivity contribution in [1.82, 2.24) is 5.06 Å². The fraction of sp³-hybridized carbons (Fsp3) is 0.327. The number of carbonyl (C=O) groups is 3. The zero-order chi connectivity index (χ0) is 53.4. The number of fused-ring (bicyclic) bond motifs is 4. The van der Waals surface area contributed by atoms with E-state index in [1.807, 2.05) is 17.9 Å². The summed E-state index contributed by atoms with van der Waals surface area (Å²) in [5.74, 6) is -1.94. The number of benzene rings is 4. The number of amides is 2. The van der Waals surface area contributed by atoms with Gasteiger partial charge in [-0.05, 0) is 103 Å². The lowest BCUT2D eigenvalue weighted by Crippen LogP contribution is -2.32. The van der Waals surface area contributed by atoms with Crippen molar-refractivity contribution in [3.63, 3.8) is 0 Å². The van der Waals surface area contributed by atoms with Crippen molar-refractivity contribution in [1.29, 1.82) is 0 Å². The fourth-order valence-electron chi connectivity index (χ4n) is 9.24. The minimum atomic E-state index is -5.02. The normalized spacial score (nSPS) is 17.8. The summed E-state index contributed by atoms with van der Waals surface area (Å²) in [5.41, 5.74) is 1.37. The number of unbranched alkanes of at least 4 members (excludes halogenated alkanes) is 2. The molecule has 2 aliphatic heterocycles. The number of hydrogen-bond donors (Lipinski definition) is 4. The number of imide groups is 1. The number of aryl methyl sites for hydroxylation is 1. The van der Waals surface area contributed by atoms with Crippen LogP contribution in [0.15, 0.2) is 128 Å². The molecule has 386 valence electrons. The highest BCUT2D eigenvalue weighted by atomic mass is 32.2. The number of carbonyl (C=O) groups excluding carboxylic acids is 3. The molecule has 4 aromatic rings. The van der Waals surface area contributed by atoms with Gasteiger partial charge in [0.1, 0.15) is 9.79 Å². The number of allylic oxidation sites excluding steroid dienone is 9. The predicted molar refractivity (Wildman–Crippen MR) is 266 cm³/mol. The third-order valence-electron chi connectivity index (χ3n) is 12.9. The van der Waals surface area contributed by atoms with Crippen molar-refractivity contribution < 1.29 is 75.8 Å². The van der Waals surface area contributed by atoms with Crippen LogP contribution in [0.4, 0.5) is 5.69 Å². The van der Waals surface area contributed by atoms with E-state index in [4.69, 9.17) is 9.57 Å². The van der Waals surface area contributed by atoms with Crippen LogP contribution in [-0.2, 0) is 75.3 Å². The summed E-state index contributed by atoms with van der Waals surface area (Å²) in [6, 6.07) is 9.82. The van der Waals surface area contributed by atoms with Gasteiger partial charge in [0.15, 0.2) is 0 Å². The summed E-state index contributed by atoms with van der Waals surface area (Å²) < 4.78 is 145. The smallest absolute Gasteiger partial charge is 0.333 e. The van der Waals surface area contributed by atoms with Gasteiger partial charge in [-0.2, -0.15) is 33.7 Å². The van der Waals surface area contributed by atoms with Crippen LogP contribution in [0.25, 0.3) is 21.5 Å². The first-order valence-corrected chi connectivity index (χ1v) is 28.0. The lowest BCUT2D eigenvalue weighted by molar-refractivity contribution is -0.197. The van der Waals surface area contributed by atoms with E-state index in [9.17, 15) is 66.3 Å². The van der Waals surface area contributed by atoms with Crippen molar-refractivity contribution in [3.05, 3.63) is 126 Å². The first kappa shape index (κ1) is 55.4. The Labute approximate surface area is 418 Å². The van der Waals surface area contributed by atoms with Gasteiger partial charge in [0.25, 0.3) is 52.3 Å². The average Bonchev–Trinajstić information content (AvgIpc) is 3.72. The first-order chi connectivity index (χ1) is 33.4. The topological polar surface area (TPSA) is 294 Å². The quantitative estimate of drug-likeness (QED) is 0.0286. The number of anilines is 1. The second kappa shape index (κ2) is 20.9. The number of hydrogen-bond acceptors (Lipinski definition) is 14. The molecule has 0 aliphatic carbocycles. The highest BCUT2D eigenvalue weighted by molar-refractivity contribution is 7.87. The van der Waals surface area contributed by atoms with Crippen molar-refractivity contribution in [2.75, 3.05) is 25.2 Å². The van der Waals surface area contributed by atoms with E-state index in [2.05, 4.69) is 6.58 Å². The molecule has 0 spiro atoms. The summed E-state index contributed by atoms with van der Waals surface area (Å²) in [6.45, 7) is 11.9. The van der Waals surface area contributed by atoms with Crippen LogP contribution in [-0.4, -0.2) is 95.0 Å². The van der Waals surface area contributed by atoms with Gasteiger partial charge in [-0.1, -0.05) is 81.5 Å². The molecule has 0 radical (unpaired) electrons.